The van der Waals surface area contributed by atoms with Gasteiger partial charge in [-0.15, -0.1) is 0 Å². The van der Waals surface area contributed by atoms with E-state index in [2.05, 4.69) is 20.3 Å². The fourth-order valence-corrected chi connectivity index (χ4v) is 3.52. The van der Waals surface area contributed by atoms with Crippen molar-refractivity contribution in [2.75, 3.05) is 5.32 Å². The van der Waals surface area contributed by atoms with Crippen LogP contribution in [0.2, 0.25) is 5.15 Å². The molecule has 0 bridgehead atoms. The summed E-state index contributed by atoms with van der Waals surface area (Å²) in [6, 6.07) is 4.97. The van der Waals surface area contributed by atoms with E-state index in [1.54, 1.807) is 12.3 Å². The number of benzene rings is 1. The van der Waals surface area contributed by atoms with Crippen LogP contribution in [0, 0.1) is 5.82 Å². The number of fused-ring (bicyclic) bond motifs is 1. The maximum atomic E-state index is 14.6. The third-order valence-electron chi connectivity index (χ3n) is 4.95. The minimum Gasteiger partial charge on any atom is -0.324 e. The maximum absolute atomic E-state index is 14.6. The highest BCUT2D eigenvalue weighted by Gasteiger charge is 2.34. The lowest BCUT2D eigenvalue weighted by Crippen LogP contribution is -2.16. The van der Waals surface area contributed by atoms with Crippen molar-refractivity contribution in [2.24, 2.45) is 0 Å². The molecule has 3 aromatic rings. The van der Waals surface area contributed by atoms with E-state index in [4.69, 9.17) is 11.6 Å². The molecule has 5 nitrogen and oxygen atoms in total. The van der Waals surface area contributed by atoms with E-state index < -0.39 is 28.6 Å². The topological polar surface area (TPSA) is 67.8 Å². The predicted molar refractivity (Wildman–Crippen MR) is 111 cm³/mol. The molecule has 0 fully saturated rings. The summed E-state index contributed by atoms with van der Waals surface area (Å²) in [4.78, 5) is 24.6. The number of carbonyl (C=O) groups is 1. The molecule has 164 valence electrons. The van der Waals surface area contributed by atoms with Gasteiger partial charge in [-0.3, -0.25) is 9.78 Å². The first-order valence-corrected chi connectivity index (χ1v) is 9.84. The number of nitrogens with zero attached hydrogens (tertiary/aromatic N) is 3. The Morgan fingerprint density at radius 1 is 1.19 bits per heavy atom. The molecule has 4 rings (SSSR count). The fraction of sp³-hybridized carbons (Fsp3) is 0.182. The minimum atomic E-state index is -4.72. The first-order chi connectivity index (χ1) is 15.1. The normalized spacial score (nSPS) is 13.0. The molecule has 1 N–H and O–H groups in total. The van der Waals surface area contributed by atoms with Crippen LogP contribution in [0.5, 0.6) is 0 Å². The van der Waals surface area contributed by atoms with Crippen molar-refractivity contribution in [1.29, 1.82) is 0 Å². The quantitative estimate of drug-likeness (QED) is 0.411. The predicted octanol–water partition coefficient (Wildman–Crippen LogP) is 5.49. The Balaban J connectivity index is 1.49. The van der Waals surface area contributed by atoms with Gasteiger partial charge in [0.15, 0.2) is 0 Å². The number of nitrogens with one attached hydrogen (secondary N) is 1. The van der Waals surface area contributed by atoms with Crippen LogP contribution < -0.4 is 5.32 Å². The lowest BCUT2D eigenvalue weighted by atomic mass is 10.1. The number of anilines is 1. The molecular formula is C22H15ClF4N4O. The first kappa shape index (κ1) is 21.9. The largest absolute Gasteiger partial charge is 0.419 e. The number of alkyl halides is 3. The lowest BCUT2D eigenvalue weighted by Gasteiger charge is -2.11. The van der Waals surface area contributed by atoms with Gasteiger partial charge in [0.1, 0.15) is 11.0 Å². The summed E-state index contributed by atoms with van der Waals surface area (Å²) in [7, 11) is 0. The fourth-order valence-electron chi connectivity index (χ4n) is 3.31. The van der Waals surface area contributed by atoms with Gasteiger partial charge in [-0.25, -0.2) is 14.4 Å². The monoisotopic (exact) mass is 462 g/mol. The molecule has 0 radical (unpaired) electrons. The van der Waals surface area contributed by atoms with Gasteiger partial charge < -0.3 is 5.32 Å². The number of aromatic nitrogens is 3. The van der Waals surface area contributed by atoms with Crippen LogP contribution in [0.1, 0.15) is 29.4 Å². The number of amides is 1. The van der Waals surface area contributed by atoms with Crippen LogP contribution in [-0.4, -0.2) is 20.9 Å². The molecule has 1 aromatic carbocycles. The summed E-state index contributed by atoms with van der Waals surface area (Å²) in [5.41, 5.74) is 2.36. The van der Waals surface area contributed by atoms with E-state index in [9.17, 15) is 22.4 Å². The molecule has 1 aliphatic rings. The van der Waals surface area contributed by atoms with Gasteiger partial charge in [0, 0.05) is 12.0 Å². The van der Waals surface area contributed by atoms with Crippen LogP contribution in [0.3, 0.4) is 0 Å². The standard InChI is InChI=1S/C22H15ClF4N4O/c1-11-2-5-17-20(11)31-18(10-28-17)13-4-3-12(16(24)6-13)7-19(32)30-14-8-15(22(25,26)27)21(23)29-9-14/h2-4,6,8-10H,5,7H2,1H3,(H,30,32). The number of hydrogen-bond acceptors (Lipinski definition) is 4. The van der Waals surface area contributed by atoms with Gasteiger partial charge in [-0.1, -0.05) is 29.8 Å². The van der Waals surface area contributed by atoms with E-state index in [1.807, 2.05) is 13.0 Å². The van der Waals surface area contributed by atoms with E-state index >= 15 is 0 Å². The number of halogens is 5. The minimum absolute atomic E-state index is 0.0782. The number of carbonyl (C=O) groups excluding carboxylic acids is 1. The molecule has 10 heteroatoms. The zero-order chi connectivity index (χ0) is 23.0. The average molecular weight is 463 g/mol. The SMILES string of the molecule is CC1=CCc2ncc(-c3ccc(CC(=O)Nc4cnc(Cl)c(C(F)(F)F)c4)c(F)c3)nc21. The van der Waals surface area contributed by atoms with Crippen molar-refractivity contribution in [1.82, 2.24) is 15.0 Å². The van der Waals surface area contributed by atoms with Gasteiger partial charge in [-0.2, -0.15) is 13.2 Å². The van der Waals surface area contributed by atoms with E-state index in [-0.39, 0.29) is 17.7 Å². The van der Waals surface area contributed by atoms with E-state index in [0.717, 1.165) is 23.2 Å². The van der Waals surface area contributed by atoms with Crippen molar-refractivity contribution >= 4 is 28.8 Å². The third kappa shape index (κ3) is 4.47. The van der Waals surface area contributed by atoms with Crippen LogP contribution in [0.15, 0.2) is 42.7 Å². The van der Waals surface area contributed by atoms with Gasteiger partial charge in [0.25, 0.3) is 0 Å². The average Bonchev–Trinajstić information content (AvgIpc) is 3.10. The van der Waals surface area contributed by atoms with Crippen LogP contribution in [0.25, 0.3) is 16.8 Å². The van der Waals surface area contributed by atoms with Gasteiger partial charge in [0.2, 0.25) is 5.91 Å². The lowest BCUT2D eigenvalue weighted by molar-refractivity contribution is -0.137. The summed E-state index contributed by atoms with van der Waals surface area (Å²) in [6.45, 7) is 1.93. The number of hydrogen-bond donors (Lipinski definition) is 1. The molecular weight excluding hydrogens is 448 g/mol. The van der Waals surface area contributed by atoms with Crippen molar-refractivity contribution in [2.45, 2.75) is 25.9 Å². The highest BCUT2D eigenvalue weighted by Crippen LogP contribution is 2.35. The highest BCUT2D eigenvalue weighted by atomic mass is 35.5. The number of allylic oxidation sites excluding steroid dienone is 2. The summed E-state index contributed by atoms with van der Waals surface area (Å²) in [5, 5.41) is 1.56. The summed E-state index contributed by atoms with van der Waals surface area (Å²) >= 11 is 5.47. The maximum Gasteiger partial charge on any atom is 0.419 e. The Morgan fingerprint density at radius 3 is 2.69 bits per heavy atom. The molecule has 1 amide bonds. The van der Waals surface area contributed by atoms with Crippen molar-refractivity contribution in [3.63, 3.8) is 0 Å². The summed E-state index contributed by atoms with van der Waals surface area (Å²) in [6.07, 6.45) is 0.195. The van der Waals surface area contributed by atoms with E-state index in [1.165, 1.54) is 12.1 Å². The van der Waals surface area contributed by atoms with Crippen LogP contribution in [-0.2, 0) is 23.8 Å². The Labute approximate surface area is 185 Å². The first-order valence-electron chi connectivity index (χ1n) is 9.46. The molecule has 0 spiro atoms. The van der Waals surface area contributed by atoms with Crippen molar-refractivity contribution < 1.29 is 22.4 Å². The second kappa shape index (κ2) is 8.31. The van der Waals surface area contributed by atoms with Crippen LogP contribution >= 0.6 is 11.6 Å². The molecule has 0 atom stereocenters. The second-order valence-corrected chi connectivity index (χ2v) is 7.59. The van der Waals surface area contributed by atoms with E-state index in [0.29, 0.717) is 23.7 Å². The van der Waals surface area contributed by atoms with Gasteiger partial charge in [0.05, 0.1) is 47.1 Å². The highest BCUT2D eigenvalue weighted by molar-refractivity contribution is 6.30. The molecule has 32 heavy (non-hydrogen) atoms. The summed E-state index contributed by atoms with van der Waals surface area (Å²) < 4.78 is 53.5. The van der Waals surface area contributed by atoms with Gasteiger partial charge >= 0.3 is 6.18 Å². The molecule has 2 aromatic heterocycles. The Morgan fingerprint density at radius 2 is 1.97 bits per heavy atom. The zero-order valence-corrected chi connectivity index (χ0v) is 17.4. The number of pyridine rings is 1. The molecule has 2 heterocycles. The van der Waals surface area contributed by atoms with Crippen molar-refractivity contribution in [3.05, 3.63) is 76.2 Å². The zero-order valence-electron chi connectivity index (χ0n) is 16.6. The van der Waals surface area contributed by atoms with Crippen LogP contribution in [0.4, 0.5) is 23.2 Å². The smallest absolute Gasteiger partial charge is 0.324 e. The Hall–Kier alpha value is -3.33. The number of rotatable bonds is 4. The van der Waals surface area contributed by atoms with Crippen molar-refractivity contribution in [3.8, 4) is 11.3 Å². The molecule has 1 aliphatic carbocycles. The third-order valence-corrected chi connectivity index (χ3v) is 5.25. The summed E-state index contributed by atoms with van der Waals surface area (Å²) in [5.74, 6) is -1.34. The Kier molecular flexibility index (Phi) is 5.68. The molecule has 0 unspecified atom stereocenters. The molecule has 0 aliphatic heterocycles. The molecule has 0 saturated heterocycles. The van der Waals surface area contributed by atoms with Gasteiger partial charge in [-0.05, 0) is 30.2 Å². The Bertz CT molecular complexity index is 1260. The molecule has 0 saturated carbocycles. The second-order valence-electron chi connectivity index (χ2n) is 7.23.